The minimum atomic E-state index is 0.137. The molecule has 15 heavy (non-hydrogen) atoms. The van der Waals surface area contributed by atoms with E-state index in [0.717, 1.165) is 22.3 Å². The molecule has 0 bridgehead atoms. The lowest BCUT2D eigenvalue weighted by Crippen LogP contribution is -2.19. The second kappa shape index (κ2) is 5.93. The zero-order chi connectivity index (χ0) is 11.3. The molecule has 0 aliphatic rings. The Bertz CT molecular complexity index is 338. The normalized spacial score (nSPS) is 12.2. The van der Waals surface area contributed by atoms with Crippen LogP contribution >= 0.6 is 15.9 Å². The van der Waals surface area contributed by atoms with Crippen molar-refractivity contribution < 1.29 is 4.74 Å². The van der Waals surface area contributed by atoms with Crippen molar-refractivity contribution in [3.8, 4) is 5.75 Å². The number of rotatable bonds is 5. The van der Waals surface area contributed by atoms with Crippen LogP contribution in [0.1, 0.15) is 18.5 Å². The molecular weight excluding hydrogens is 254 g/mol. The maximum Gasteiger partial charge on any atom is 0.125 e. The summed E-state index contributed by atoms with van der Waals surface area (Å²) < 4.78 is 6.35. The fraction of sp³-hybridized carbons (Fsp3) is 0.333. The molecule has 0 heterocycles. The van der Waals surface area contributed by atoms with Gasteiger partial charge in [0, 0.05) is 10.0 Å². The summed E-state index contributed by atoms with van der Waals surface area (Å²) in [6.07, 6.45) is 1.88. The number of hydrogen-bond acceptors (Lipinski definition) is 2. The minimum Gasteiger partial charge on any atom is -0.496 e. The molecule has 1 N–H and O–H groups in total. The molecule has 1 rings (SSSR count). The van der Waals surface area contributed by atoms with Crippen molar-refractivity contribution in [1.29, 1.82) is 0 Å². The van der Waals surface area contributed by atoms with Gasteiger partial charge in [-0.15, -0.1) is 6.58 Å². The Kier molecular flexibility index (Phi) is 4.85. The van der Waals surface area contributed by atoms with Gasteiger partial charge in [-0.1, -0.05) is 35.0 Å². The van der Waals surface area contributed by atoms with Gasteiger partial charge in [0.2, 0.25) is 0 Å². The lowest BCUT2D eigenvalue weighted by atomic mass is 10.1. The molecule has 0 aliphatic heterocycles. The van der Waals surface area contributed by atoms with E-state index in [9.17, 15) is 0 Å². The quantitative estimate of drug-likeness (QED) is 0.829. The standard InChI is InChI=1S/C12H16BrNO/c1-4-11(14-5-2)10-7-6-9(13)8-12(10)15-3/h4,6-8,11,14H,1,5H2,2-3H3. The number of benzene rings is 1. The molecule has 1 aromatic rings. The monoisotopic (exact) mass is 269 g/mol. The highest BCUT2D eigenvalue weighted by Crippen LogP contribution is 2.28. The average Bonchev–Trinajstić information content (AvgIpc) is 2.26. The van der Waals surface area contributed by atoms with Crippen LogP contribution in [0.25, 0.3) is 0 Å². The molecule has 0 radical (unpaired) electrons. The van der Waals surface area contributed by atoms with E-state index in [-0.39, 0.29) is 6.04 Å². The molecule has 0 fully saturated rings. The van der Waals surface area contributed by atoms with Crippen molar-refractivity contribution in [2.24, 2.45) is 0 Å². The van der Waals surface area contributed by atoms with Gasteiger partial charge in [-0.25, -0.2) is 0 Å². The number of nitrogens with one attached hydrogen (secondary N) is 1. The molecule has 0 saturated carbocycles. The predicted molar refractivity (Wildman–Crippen MR) is 67.3 cm³/mol. The summed E-state index contributed by atoms with van der Waals surface area (Å²) in [6, 6.07) is 6.14. The third-order valence-electron chi connectivity index (χ3n) is 2.19. The van der Waals surface area contributed by atoms with Crippen LogP contribution in [0.3, 0.4) is 0 Å². The van der Waals surface area contributed by atoms with Crippen LogP contribution in [-0.2, 0) is 0 Å². The van der Waals surface area contributed by atoms with Gasteiger partial charge in [0.15, 0.2) is 0 Å². The lowest BCUT2D eigenvalue weighted by molar-refractivity contribution is 0.405. The Morgan fingerprint density at radius 3 is 2.87 bits per heavy atom. The van der Waals surface area contributed by atoms with Gasteiger partial charge in [0.1, 0.15) is 5.75 Å². The summed E-state index contributed by atoms with van der Waals surface area (Å²) in [5.74, 6) is 0.871. The zero-order valence-corrected chi connectivity index (χ0v) is 10.7. The third-order valence-corrected chi connectivity index (χ3v) is 2.68. The molecule has 82 valence electrons. The Hall–Kier alpha value is -0.800. The molecule has 1 aromatic carbocycles. The summed E-state index contributed by atoms with van der Waals surface area (Å²) in [7, 11) is 1.68. The fourth-order valence-corrected chi connectivity index (χ4v) is 1.82. The minimum absolute atomic E-state index is 0.137. The highest BCUT2D eigenvalue weighted by atomic mass is 79.9. The summed E-state index contributed by atoms with van der Waals surface area (Å²) in [5, 5.41) is 3.33. The van der Waals surface area contributed by atoms with Gasteiger partial charge in [-0.05, 0) is 18.7 Å². The summed E-state index contributed by atoms with van der Waals surface area (Å²) in [5.41, 5.74) is 1.11. The van der Waals surface area contributed by atoms with E-state index in [1.807, 2.05) is 24.3 Å². The Morgan fingerprint density at radius 2 is 2.33 bits per heavy atom. The van der Waals surface area contributed by atoms with E-state index < -0.39 is 0 Å². The first-order valence-corrected chi connectivity index (χ1v) is 5.71. The van der Waals surface area contributed by atoms with E-state index in [1.165, 1.54) is 0 Å². The first-order valence-electron chi connectivity index (χ1n) is 4.92. The SMILES string of the molecule is C=CC(NCC)c1ccc(Br)cc1OC. The van der Waals surface area contributed by atoms with Crippen LogP contribution in [0, 0.1) is 0 Å². The second-order valence-electron chi connectivity index (χ2n) is 3.16. The lowest BCUT2D eigenvalue weighted by Gasteiger charge is -2.17. The maximum absolute atomic E-state index is 5.34. The van der Waals surface area contributed by atoms with Gasteiger partial charge < -0.3 is 10.1 Å². The van der Waals surface area contributed by atoms with Crippen molar-refractivity contribution in [2.45, 2.75) is 13.0 Å². The van der Waals surface area contributed by atoms with Crippen LogP contribution < -0.4 is 10.1 Å². The molecular formula is C12H16BrNO. The van der Waals surface area contributed by atoms with Crippen molar-refractivity contribution in [3.05, 3.63) is 40.9 Å². The number of likely N-dealkylation sites (N-methyl/N-ethyl adjacent to an activating group) is 1. The Balaban J connectivity index is 3.04. The summed E-state index contributed by atoms with van der Waals surface area (Å²) in [4.78, 5) is 0. The molecule has 3 heteroatoms. The topological polar surface area (TPSA) is 21.3 Å². The molecule has 0 amide bonds. The van der Waals surface area contributed by atoms with E-state index in [2.05, 4.69) is 34.7 Å². The highest BCUT2D eigenvalue weighted by molar-refractivity contribution is 9.10. The van der Waals surface area contributed by atoms with Crippen LogP contribution in [0.15, 0.2) is 35.3 Å². The average molecular weight is 270 g/mol. The van der Waals surface area contributed by atoms with Crippen LogP contribution in [0.4, 0.5) is 0 Å². The molecule has 0 spiro atoms. The molecule has 1 atom stereocenters. The van der Waals surface area contributed by atoms with Crippen LogP contribution in [0.2, 0.25) is 0 Å². The Labute approximate surface area is 99.5 Å². The third kappa shape index (κ3) is 3.08. The van der Waals surface area contributed by atoms with Gasteiger partial charge in [0.25, 0.3) is 0 Å². The number of ether oxygens (including phenoxy) is 1. The van der Waals surface area contributed by atoms with Crippen LogP contribution in [0.5, 0.6) is 5.75 Å². The van der Waals surface area contributed by atoms with Crippen molar-refractivity contribution in [3.63, 3.8) is 0 Å². The summed E-state index contributed by atoms with van der Waals surface area (Å²) in [6.45, 7) is 6.79. The maximum atomic E-state index is 5.34. The molecule has 0 saturated heterocycles. The molecule has 0 aromatic heterocycles. The molecule has 2 nitrogen and oxygen atoms in total. The summed E-state index contributed by atoms with van der Waals surface area (Å²) >= 11 is 3.42. The van der Waals surface area contributed by atoms with Gasteiger partial charge in [-0.2, -0.15) is 0 Å². The number of methoxy groups -OCH3 is 1. The van der Waals surface area contributed by atoms with Crippen LogP contribution in [-0.4, -0.2) is 13.7 Å². The van der Waals surface area contributed by atoms with Crippen molar-refractivity contribution in [1.82, 2.24) is 5.32 Å². The predicted octanol–water partition coefficient (Wildman–Crippen LogP) is 3.29. The smallest absolute Gasteiger partial charge is 0.125 e. The molecule has 0 aliphatic carbocycles. The van der Waals surface area contributed by atoms with Crippen molar-refractivity contribution >= 4 is 15.9 Å². The van der Waals surface area contributed by atoms with E-state index in [1.54, 1.807) is 7.11 Å². The first kappa shape index (κ1) is 12.3. The highest BCUT2D eigenvalue weighted by Gasteiger charge is 2.11. The fourth-order valence-electron chi connectivity index (χ4n) is 1.48. The number of hydrogen-bond donors (Lipinski definition) is 1. The largest absolute Gasteiger partial charge is 0.496 e. The Morgan fingerprint density at radius 1 is 1.60 bits per heavy atom. The van der Waals surface area contributed by atoms with Gasteiger partial charge in [-0.3, -0.25) is 0 Å². The second-order valence-corrected chi connectivity index (χ2v) is 4.07. The zero-order valence-electron chi connectivity index (χ0n) is 9.09. The van der Waals surface area contributed by atoms with E-state index in [4.69, 9.17) is 4.74 Å². The van der Waals surface area contributed by atoms with Gasteiger partial charge in [0.05, 0.1) is 13.2 Å². The first-order chi connectivity index (χ1) is 7.22. The number of halogens is 1. The van der Waals surface area contributed by atoms with Crippen molar-refractivity contribution in [2.75, 3.05) is 13.7 Å². The molecule has 1 unspecified atom stereocenters. The van der Waals surface area contributed by atoms with E-state index >= 15 is 0 Å². The van der Waals surface area contributed by atoms with E-state index in [0.29, 0.717) is 0 Å². The van der Waals surface area contributed by atoms with Gasteiger partial charge >= 0.3 is 0 Å².